The van der Waals surface area contributed by atoms with Crippen LogP contribution in [-0.4, -0.2) is 51.2 Å². The summed E-state index contributed by atoms with van der Waals surface area (Å²) in [6.45, 7) is 5.18. The molecule has 6 rings (SSSR count). The van der Waals surface area contributed by atoms with E-state index in [2.05, 4.69) is 16.0 Å². The molecule has 2 aliphatic rings. The molecule has 2 aromatic heterocycles. The summed E-state index contributed by atoms with van der Waals surface area (Å²) in [7, 11) is 1.77. The summed E-state index contributed by atoms with van der Waals surface area (Å²) in [5.74, 6) is 2.53. The molecule has 2 amide bonds. The Bertz CT molecular complexity index is 1510. The van der Waals surface area contributed by atoms with Crippen LogP contribution in [0, 0.1) is 11.8 Å². The molecule has 1 aliphatic carbocycles. The van der Waals surface area contributed by atoms with Gasteiger partial charge in [-0.2, -0.15) is 0 Å². The molecule has 0 bridgehead atoms. The predicted octanol–water partition coefficient (Wildman–Crippen LogP) is 4.39. The van der Waals surface area contributed by atoms with Crippen LogP contribution in [0.1, 0.15) is 34.9 Å². The Labute approximate surface area is 221 Å². The molecule has 38 heavy (non-hydrogen) atoms. The number of nitrogens with zero attached hydrogens (tertiary/aromatic N) is 5. The van der Waals surface area contributed by atoms with Gasteiger partial charge < -0.3 is 15.5 Å². The van der Waals surface area contributed by atoms with E-state index in [1.807, 2.05) is 65.7 Å². The van der Waals surface area contributed by atoms with E-state index in [-0.39, 0.29) is 17.7 Å². The fourth-order valence-corrected chi connectivity index (χ4v) is 6.13. The Morgan fingerprint density at radius 2 is 1.74 bits per heavy atom. The summed E-state index contributed by atoms with van der Waals surface area (Å²) < 4.78 is 2.07. The van der Waals surface area contributed by atoms with Gasteiger partial charge in [0.2, 0.25) is 5.91 Å². The maximum Gasteiger partial charge on any atom is 0.258 e. The predicted molar refractivity (Wildman–Crippen MR) is 148 cm³/mol. The van der Waals surface area contributed by atoms with Crippen LogP contribution in [-0.2, 0) is 4.79 Å². The molecule has 2 aromatic carbocycles. The molecule has 4 aromatic rings. The van der Waals surface area contributed by atoms with Crippen molar-refractivity contribution in [2.75, 3.05) is 30.8 Å². The summed E-state index contributed by atoms with van der Waals surface area (Å²) in [5.41, 5.74) is 10.2. The van der Waals surface area contributed by atoms with Crippen molar-refractivity contribution in [1.82, 2.24) is 19.3 Å². The topological polar surface area (TPSA) is 96.8 Å². The molecule has 0 spiro atoms. The zero-order valence-corrected chi connectivity index (χ0v) is 21.3. The molecule has 8 nitrogen and oxygen atoms in total. The van der Waals surface area contributed by atoms with Gasteiger partial charge in [-0.25, -0.2) is 9.97 Å². The molecule has 2 unspecified atom stereocenters. The van der Waals surface area contributed by atoms with E-state index >= 15 is 0 Å². The third-order valence-electron chi connectivity index (χ3n) is 8.07. The first kappa shape index (κ1) is 23.9. The van der Waals surface area contributed by atoms with Crippen LogP contribution >= 0.6 is 0 Å². The summed E-state index contributed by atoms with van der Waals surface area (Å²) in [5, 5.41) is 0. The average Bonchev–Trinajstić information content (AvgIpc) is 3.65. The number of rotatable bonds is 5. The number of carbonyl (C=O) groups excluding carboxylic acids is 2. The van der Waals surface area contributed by atoms with Crippen LogP contribution in [0.5, 0.6) is 0 Å². The molecule has 2 N–H and O–H groups in total. The first-order valence-corrected chi connectivity index (χ1v) is 12.9. The van der Waals surface area contributed by atoms with Gasteiger partial charge >= 0.3 is 0 Å². The SMILES string of the molecule is C=CC(=O)N1CC2CC(c3nc(-c4ccc(C(=O)N(C)c5ccccc5)cc4)c4c(N)nccn34)CC2C1. The molecule has 0 radical (unpaired) electrons. The fourth-order valence-electron chi connectivity index (χ4n) is 6.13. The van der Waals surface area contributed by atoms with Gasteiger partial charge in [-0.1, -0.05) is 36.9 Å². The van der Waals surface area contributed by atoms with E-state index < -0.39 is 0 Å². The second-order valence-electron chi connectivity index (χ2n) is 10.3. The highest BCUT2D eigenvalue weighted by atomic mass is 16.2. The van der Waals surface area contributed by atoms with E-state index in [0.29, 0.717) is 23.2 Å². The fraction of sp³-hybridized carbons (Fsp3) is 0.267. The average molecular weight is 507 g/mol. The second kappa shape index (κ2) is 9.45. The van der Waals surface area contributed by atoms with E-state index in [1.165, 1.54) is 6.08 Å². The van der Waals surface area contributed by atoms with Crippen molar-refractivity contribution in [3.05, 3.63) is 91.0 Å². The van der Waals surface area contributed by atoms with Crippen molar-refractivity contribution < 1.29 is 9.59 Å². The largest absolute Gasteiger partial charge is 0.382 e. The molecule has 1 aliphatic heterocycles. The van der Waals surface area contributed by atoms with Gasteiger partial charge in [0.05, 0.1) is 0 Å². The first-order chi connectivity index (χ1) is 18.4. The molecule has 192 valence electrons. The molecule has 1 saturated heterocycles. The normalized spacial score (nSPS) is 20.4. The number of para-hydroxylation sites is 1. The lowest BCUT2D eigenvalue weighted by Crippen LogP contribution is -2.28. The monoisotopic (exact) mass is 506 g/mol. The molecular formula is C30H30N6O2. The van der Waals surface area contributed by atoms with E-state index in [4.69, 9.17) is 10.7 Å². The lowest BCUT2D eigenvalue weighted by molar-refractivity contribution is -0.125. The number of likely N-dealkylation sites (tertiary alicyclic amines) is 1. The van der Waals surface area contributed by atoms with E-state index in [9.17, 15) is 9.59 Å². The van der Waals surface area contributed by atoms with Gasteiger partial charge in [0.15, 0.2) is 0 Å². The number of hydrogen-bond acceptors (Lipinski definition) is 5. The van der Waals surface area contributed by atoms with Crippen LogP contribution < -0.4 is 10.6 Å². The molecule has 2 atom stereocenters. The summed E-state index contributed by atoms with van der Waals surface area (Å²) in [4.78, 5) is 38.1. The number of aromatic nitrogens is 3. The van der Waals surface area contributed by atoms with Crippen LogP contribution in [0.3, 0.4) is 0 Å². The number of anilines is 2. The van der Waals surface area contributed by atoms with Crippen LogP contribution in [0.15, 0.2) is 79.6 Å². The summed E-state index contributed by atoms with van der Waals surface area (Å²) in [6.07, 6.45) is 6.99. The maximum atomic E-state index is 13.1. The van der Waals surface area contributed by atoms with Gasteiger partial charge in [0, 0.05) is 55.3 Å². The zero-order valence-electron chi connectivity index (χ0n) is 21.3. The van der Waals surface area contributed by atoms with Crippen molar-refractivity contribution in [3.8, 4) is 11.3 Å². The van der Waals surface area contributed by atoms with Gasteiger partial charge in [-0.15, -0.1) is 0 Å². The number of fused-ring (bicyclic) bond motifs is 2. The highest BCUT2D eigenvalue weighted by Crippen LogP contribution is 2.47. The van der Waals surface area contributed by atoms with E-state index in [0.717, 1.165) is 54.2 Å². The minimum atomic E-state index is -0.0826. The number of imidazole rings is 1. The lowest BCUT2D eigenvalue weighted by atomic mass is 10.0. The van der Waals surface area contributed by atoms with E-state index in [1.54, 1.807) is 18.1 Å². The number of hydrogen-bond donors (Lipinski definition) is 1. The number of benzene rings is 2. The van der Waals surface area contributed by atoms with Gasteiger partial charge in [0.1, 0.15) is 22.9 Å². The van der Waals surface area contributed by atoms with Crippen molar-refractivity contribution >= 4 is 28.8 Å². The zero-order chi connectivity index (χ0) is 26.4. The quantitative estimate of drug-likeness (QED) is 0.405. The maximum absolute atomic E-state index is 13.1. The Kier molecular flexibility index (Phi) is 5.94. The van der Waals surface area contributed by atoms with Gasteiger partial charge in [0.25, 0.3) is 5.91 Å². The van der Waals surface area contributed by atoms with Gasteiger partial charge in [-0.05, 0) is 55.0 Å². The molecular weight excluding hydrogens is 476 g/mol. The Morgan fingerprint density at radius 3 is 2.39 bits per heavy atom. The smallest absolute Gasteiger partial charge is 0.258 e. The highest BCUT2D eigenvalue weighted by molar-refractivity contribution is 6.06. The first-order valence-electron chi connectivity index (χ1n) is 12.9. The van der Waals surface area contributed by atoms with Crippen LogP contribution in [0.25, 0.3) is 16.8 Å². The van der Waals surface area contributed by atoms with Crippen LogP contribution in [0.4, 0.5) is 11.5 Å². The van der Waals surface area contributed by atoms with Crippen molar-refractivity contribution in [2.45, 2.75) is 18.8 Å². The molecule has 2 fully saturated rings. The number of nitrogens with two attached hydrogens (primary N) is 1. The number of amides is 2. The van der Waals surface area contributed by atoms with Gasteiger partial charge in [-0.3, -0.25) is 14.0 Å². The standard InChI is InChI=1S/C30H30N6O2/c1-3-25(37)35-17-22-15-21(16-23(22)18-35)29-33-26(27-28(31)32-13-14-36(27)29)19-9-11-20(12-10-19)30(38)34(2)24-7-5-4-6-8-24/h3-14,21-23H,1,15-18H2,2H3,(H2,31,32). The Hall–Kier alpha value is -4.46. The van der Waals surface area contributed by atoms with Crippen LogP contribution in [0.2, 0.25) is 0 Å². The number of nitrogen functional groups attached to an aromatic ring is 1. The van der Waals surface area contributed by atoms with Crippen molar-refractivity contribution in [1.29, 1.82) is 0 Å². The minimum Gasteiger partial charge on any atom is -0.382 e. The Morgan fingerprint density at radius 1 is 1.05 bits per heavy atom. The minimum absolute atomic E-state index is 0.0141. The second-order valence-corrected chi connectivity index (χ2v) is 10.3. The highest BCUT2D eigenvalue weighted by Gasteiger charge is 2.43. The summed E-state index contributed by atoms with van der Waals surface area (Å²) in [6, 6.07) is 17.1. The summed E-state index contributed by atoms with van der Waals surface area (Å²) >= 11 is 0. The van der Waals surface area contributed by atoms with Crippen molar-refractivity contribution in [3.63, 3.8) is 0 Å². The van der Waals surface area contributed by atoms with Crippen molar-refractivity contribution in [2.24, 2.45) is 11.8 Å². The molecule has 1 saturated carbocycles. The number of carbonyl (C=O) groups is 2. The third kappa shape index (κ3) is 4.02. The molecule has 3 heterocycles. The molecule has 8 heteroatoms. The third-order valence-corrected chi connectivity index (χ3v) is 8.07. The lowest BCUT2D eigenvalue weighted by Gasteiger charge is -2.17. The Balaban J connectivity index is 1.29.